The van der Waals surface area contributed by atoms with Crippen LogP contribution in [-0.4, -0.2) is 24.3 Å². The maximum absolute atomic E-state index is 13.6. The van der Waals surface area contributed by atoms with E-state index in [1.54, 1.807) is 4.57 Å². The maximum Gasteiger partial charge on any atom is 0.338 e. The molecule has 1 aliphatic rings. The molecule has 0 aliphatic carbocycles. The van der Waals surface area contributed by atoms with Crippen molar-refractivity contribution in [3.63, 3.8) is 0 Å². The van der Waals surface area contributed by atoms with Gasteiger partial charge in [-0.15, -0.1) is 0 Å². The Kier molecular flexibility index (Phi) is 7.12. The van der Waals surface area contributed by atoms with E-state index in [1.807, 2.05) is 67.6 Å². The third-order valence-electron chi connectivity index (χ3n) is 5.53. The number of ether oxygens (including phenoxy) is 2. The first kappa shape index (κ1) is 23.7. The molecule has 0 spiro atoms. The highest BCUT2D eigenvalue weighted by atomic mass is 32.1. The summed E-state index contributed by atoms with van der Waals surface area (Å²) in [5, 5.41) is 0. The lowest BCUT2D eigenvalue weighted by Crippen LogP contribution is -2.40. The van der Waals surface area contributed by atoms with Crippen molar-refractivity contribution in [2.45, 2.75) is 33.2 Å². The predicted octanol–water partition coefficient (Wildman–Crippen LogP) is 3.83. The van der Waals surface area contributed by atoms with E-state index >= 15 is 0 Å². The van der Waals surface area contributed by atoms with Crippen molar-refractivity contribution in [3.05, 3.63) is 96.7 Å². The topological polar surface area (TPSA) is 69.9 Å². The normalized spacial score (nSPS) is 15.8. The quantitative estimate of drug-likeness (QED) is 0.486. The fourth-order valence-electron chi connectivity index (χ4n) is 3.89. The number of methoxy groups -OCH3 is 1. The summed E-state index contributed by atoms with van der Waals surface area (Å²) in [5.41, 5.74) is 2.58. The SMILES string of the molecule is CCC1=C(C(=O)OC)[C@H](c2ccccc2)n2c(s/c(=C\c3ccc(OCC(C)C)cc3)c2=O)=N1. The number of allylic oxidation sites excluding steroid dienone is 1. The lowest BCUT2D eigenvalue weighted by Gasteiger charge is -2.25. The first-order chi connectivity index (χ1) is 16.4. The van der Waals surface area contributed by atoms with Gasteiger partial charge in [-0.25, -0.2) is 9.79 Å². The lowest BCUT2D eigenvalue weighted by atomic mass is 9.95. The van der Waals surface area contributed by atoms with Crippen LogP contribution >= 0.6 is 11.3 Å². The number of nitrogens with zero attached hydrogens (tertiary/aromatic N) is 2. The molecule has 4 rings (SSSR count). The Balaban J connectivity index is 1.82. The predicted molar refractivity (Wildman–Crippen MR) is 134 cm³/mol. The molecule has 0 saturated carbocycles. The molecule has 2 aromatic carbocycles. The summed E-state index contributed by atoms with van der Waals surface area (Å²) in [6.45, 7) is 6.81. The first-order valence-electron chi connectivity index (χ1n) is 11.3. The number of carbonyl (C=O) groups excluding carboxylic acids is 1. The highest BCUT2D eigenvalue weighted by molar-refractivity contribution is 7.07. The van der Waals surface area contributed by atoms with E-state index < -0.39 is 12.0 Å². The molecule has 0 N–H and O–H groups in total. The fourth-order valence-corrected chi connectivity index (χ4v) is 4.91. The van der Waals surface area contributed by atoms with E-state index in [2.05, 4.69) is 18.8 Å². The number of rotatable bonds is 7. The summed E-state index contributed by atoms with van der Waals surface area (Å²) >= 11 is 1.32. The molecule has 0 bridgehead atoms. The average Bonchev–Trinajstić information content (AvgIpc) is 3.16. The molecule has 1 aromatic heterocycles. The van der Waals surface area contributed by atoms with E-state index in [0.717, 1.165) is 16.9 Å². The Morgan fingerprint density at radius 1 is 1.15 bits per heavy atom. The lowest BCUT2D eigenvalue weighted by molar-refractivity contribution is -0.136. The summed E-state index contributed by atoms with van der Waals surface area (Å²) in [5.74, 6) is 0.772. The largest absolute Gasteiger partial charge is 0.493 e. The Labute approximate surface area is 202 Å². The number of thiazole rings is 1. The number of carbonyl (C=O) groups is 1. The summed E-state index contributed by atoms with van der Waals surface area (Å²) in [7, 11) is 1.35. The number of hydrogen-bond acceptors (Lipinski definition) is 6. The van der Waals surface area contributed by atoms with Crippen LogP contribution < -0.4 is 19.6 Å². The van der Waals surface area contributed by atoms with Gasteiger partial charge in [0, 0.05) is 0 Å². The highest BCUT2D eigenvalue weighted by Crippen LogP contribution is 2.31. The first-order valence-corrected chi connectivity index (χ1v) is 12.2. The van der Waals surface area contributed by atoms with Crippen LogP contribution in [0.3, 0.4) is 0 Å². The van der Waals surface area contributed by atoms with Gasteiger partial charge in [-0.1, -0.05) is 74.6 Å². The van der Waals surface area contributed by atoms with Gasteiger partial charge < -0.3 is 9.47 Å². The van der Waals surface area contributed by atoms with Gasteiger partial charge in [0.25, 0.3) is 5.56 Å². The minimum Gasteiger partial charge on any atom is -0.493 e. The van der Waals surface area contributed by atoms with Crippen LogP contribution in [0.25, 0.3) is 6.08 Å². The van der Waals surface area contributed by atoms with Crippen molar-refractivity contribution in [2.24, 2.45) is 10.9 Å². The molecule has 176 valence electrons. The number of aromatic nitrogens is 1. The number of benzene rings is 2. The number of esters is 1. The van der Waals surface area contributed by atoms with Gasteiger partial charge in [0.1, 0.15) is 5.75 Å². The molecular formula is C27H28N2O4S. The molecule has 2 heterocycles. The van der Waals surface area contributed by atoms with Crippen molar-refractivity contribution in [3.8, 4) is 5.75 Å². The van der Waals surface area contributed by atoms with Crippen molar-refractivity contribution in [1.82, 2.24) is 4.57 Å². The Hall–Kier alpha value is -3.45. The van der Waals surface area contributed by atoms with Crippen LogP contribution in [-0.2, 0) is 9.53 Å². The zero-order chi connectivity index (χ0) is 24.2. The summed E-state index contributed by atoms with van der Waals surface area (Å²) < 4.78 is 13.0. The zero-order valence-corrected chi connectivity index (χ0v) is 20.6. The second kappa shape index (κ2) is 10.2. The van der Waals surface area contributed by atoms with Gasteiger partial charge in [0.05, 0.1) is 35.6 Å². The Morgan fingerprint density at radius 2 is 1.85 bits per heavy atom. The van der Waals surface area contributed by atoms with E-state index in [9.17, 15) is 9.59 Å². The monoisotopic (exact) mass is 476 g/mol. The molecule has 7 heteroatoms. The molecule has 6 nitrogen and oxygen atoms in total. The van der Waals surface area contributed by atoms with Gasteiger partial charge >= 0.3 is 5.97 Å². The molecular weight excluding hydrogens is 448 g/mol. The average molecular weight is 477 g/mol. The van der Waals surface area contributed by atoms with E-state index in [0.29, 0.717) is 39.5 Å². The highest BCUT2D eigenvalue weighted by Gasteiger charge is 2.33. The van der Waals surface area contributed by atoms with Crippen molar-refractivity contribution in [1.29, 1.82) is 0 Å². The van der Waals surface area contributed by atoms with Crippen LogP contribution in [0.1, 0.15) is 44.4 Å². The van der Waals surface area contributed by atoms with Crippen molar-refractivity contribution < 1.29 is 14.3 Å². The minimum atomic E-state index is -0.589. The summed E-state index contributed by atoms with van der Waals surface area (Å²) in [6, 6.07) is 16.6. The molecule has 0 saturated heterocycles. The standard InChI is InChI=1S/C27H28N2O4S/c1-5-21-23(26(31)32-4)24(19-9-7-6-8-10-19)29-25(30)22(34-27(29)28-21)15-18-11-13-20(14-12-18)33-16-17(2)3/h6-15,17,24H,5,16H2,1-4H3/b22-15-/t24-/m0/s1. The molecule has 0 amide bonds. The van der Waals surface area contributed by atoms with Crippen molar-refractivity contribution >= 4 is 23.4 Å². The smallest absolute Gasteiger partial charge is 0.338 e. The maximum atomic E-state index is 13.6. The second-order valence-electron chi connectivity index (χ2n) is 8.47. The molecule has 34 heavy (non-hydrogen) atoms. The van der Waals surface area contributed by atoms with Crippen LogP contribution in [0.5, 0.6) is 5.75 Å². The van der Waals surface area contributed by atoms with Gasteiger partial charge in [-0.05, 0) is 41.7 Å². The third kappa shape index (κ3) is 4.75. The molecule has 3 aromatic rings. The molecule has 0 fully saturated rings. The second-order valence-corrected chi connectivity index (χ2v) is 9.48. The molecule has 1 atom stereocenters. The number of hydrogen-bond donors (Lipinski definition) is 0. The van der Waals surface area contributed by atoms with Gasteiger partial charge in [0.15, 0.2) is 4.80 Å². The molecule has 0 unspecified atom stereocenters. The number of fused-ring (bicyclic) bond motifs is 1. The van der Waals surface area contributed by atoms with Gasteiger partial charge in [-0.3, -0.25) is 9.36 Å². The van der Waals surface area contributed by atoms with Crippen LogP contribution in [0.2, 0.25) is 0 Å². The van der Waals surface area contributed by atoms with Crippen molar-refractivity contribution in [2.75, 3.05) is 13.7 Å². The van der Waals surface area contributed by atoms with Gasteiger partial charge in [-0.2, -0.15) is 0 Å². The fraction of sp³-hybridized carbons (Fsp3) is 0.296. The summed E-state index contributed by atoms with van der Waals surface area (Å²) in [4.78, 5) is 31.6. The van der Waals surface area contributed by atoms with Crippen LogP contribution in [0.15, 0.2) is 75.7 Å². The summed E-state index contributed by atoms with van der Waals surface area (Å²) in [6.07, 6.45) is 2.41. The Bertz CT molecular complexity index is 1380. The minimum absolute atomic E-state index is 0.186. The van der Waals surface area contributed by atoms with Crippen LogP contribution in [0.4, 0.5) is 0 Å². The molecule has 1 aliphatic heterocycles. The Morgan fingerprint density at radius 3 is 2.47 bits per heavy atom. The van der Waals surface area contributed by atoms with Crippen LogP contribution in [0, 0.1) is 5.92 Å². The molecule has 0 radical (unpaired) electrons. The van der Waals surface area contributed by atoms with E-state index in [1.165, 1.54) is 18.4 Å². The zero-order valence-electron chi connectivity index (χ0n) is 19.8. The van der Waals surface area contributed by atoms with Gasteiger partial charge in [0.2, 0.25) is 0 Å². The third-order valence-corrected chi connectivity index (χ3v) is 6.51. The van der Waals surface area contributed by atoms with E-state index in [-0.39, 0.29) is 5.56 Å². The van der Waals surface area contributed by atoms with E-state index in [4.69, 9.17) is 9.47 Å².